The molecule has 0 atom stereocenters. The van der Waals surface area contributed by atoms with Gasteiger partial charge in [-0.15, -0.1) is 0 Å². The molecule has 0 amide bonds. The summed E-state index contributed by atoms with van der Waals surface area (Å²) in [6.07, 6.45) is 4.38. The molecule has 0 spiro atoms. The van der Waals surface area contributed by atoms with E-state index >= 15 is 0 Å². The monoisotopic (exact) mass is 350 g/mol. The molecule has 1 aliphatic rings. The maximum Gasteiger partial charge on any atom is 0.176 e. The highest BCUT2D eigenvalue weighted by Crippen LogP contribution is 2.13. The Balaban J connectivity index is 1.41. The van der Waals surface area contributed by atoms with Crippen LogP contribution in [0.15, 0.2) is 60.7 Å². The van der Waals surface area contributed by atoms with E-state index in [9.17, 15) is 4.79 Å². The molecule has 0 unspecified atom stereocenters. The average Bonchev–Trinajstić information content (AvgIpc) is 2.70. The van der Waals surface area contributed by atoms with Crippen molar-refractivity contribution < 1.29 is 9.53 Å². The first-order valence-electron chi connectivity index (χ1n) is 9.08. The molecule has 4 heteroatoms. The smallest absolute Gasteiger partial charge is 0.176 e. The fourth-order valence-corrected chi connectivity index (χ4v) is 3.10. The largest absolute Gasteiger partial charge is 0.497 e. The highest BCUT2D eigenvalue weighted by molar-refractivity contribution is 5.97. The van der Waals surface area contributed by atoms with E-state index in [1.165, 1.54) is 5.56 Å². The molecule has 1 saturated heterocycles. The Kier molecular flexibility index (Phi) is 6.58. The molecule has 1 heterocycles. The third-order valence-electron chi connectivity index (χ3n) is 4.72. The van der Waals surface area contributed by atoms with Gasteiger partial charge in [-0.2, -0.15) is 0 Å². The number of nitrogens with zero attached hydrogens (tertiary/aromatic N) is 2. The van der Waals surface area contributed by atoms with Gasteiger partial charge >= 0.3 is 0 Å². The Morgan fingerprint density at radius 3 is 2.27 bits per heavy atom. The van der Waals surface area contributed by atoms with Gasteiger partial charge in [0.1, 0.15) is 5.75 Å². The lowest BCUT2D eigenvalue weighted by molar-refractivity contribution is 0.0865. The normalized spacial score (nSPS) is 16.0. The molecule has 4 nitrogen and oxygen atoms in total. The van der Waals surface area contributed by atoms with Gasteiger partial charge in [-0.25, -0.2) is 0 Å². The van der Waals surface area contributed by atoms with Gasteiger partial charge in [0.15, 0.2) is 5.78 Å². The van der Waals surface area contributed by atoms with Crippen molar-refractivity contribution in [3.05, 3.63) is 71.8 Å². The number of benzene rings is 2. The van der Waals surface area contributed by atoms with Crippen molar-refractivity contribution in [1.29, 1.82) is 0 Å². The second kappa shape index (κ2) is 9.32. The summed E-state index contributed by atoms with van der Waals surface area (Å²) in [6, 6.07) is 17.7. The van der Waals surface area contributed by atoms with Gasteiger partial charge in [0.05, 0.1) is 13.7 Å². The average molecular weight is 350 g/mol. The van der Waals surface area contributed by atoms with Crippen molar-refractivity contribution in [1.82, 2.24) is 9.80 Å². The Labute approximate surface area is 155 Å². The highest BCUT2D eigenvalue weighted by Gasteiger charge is 2.18. The van der Waals surface area contributed by atoms with Gasteiger partial charge in [-0.3, -0.25) is 14.6 Å². The standard InChI is InChI=1S/C22H26N2O2/c1-26-21-11-9-20(10-12-21)22(25)18-24-16-14-23(15-17-24)13-5-8-19-6-3-2-4-7-19/h2-12H,13-18H2,1H3. The summed E-state index contributed by atoms with van der Waals surface area (Å²) in [6.45, 7) is 5.29. The third kappa shape index (κ3) is 5.28. The van der Waals surface area contributed by atoms with Crippen molar-refractivity contribution in [3.63, 3.8) is 0 Å². The number of hydrogen-bond donors (Lipinski definition) is 0. The highest BCUT2D eigenvalue weighted by atomic mass is 16.5. The van der Waals surface area contributed by atoms with Crippen LogP contribution in [-0.2, 0) is 0 Å². The molecular formula is C22H26N2O2. The first kappa shape index (κ1) is 18.4. The summed E-state index contributed by atoms with van der Waals surface area (Å²) in [5, 5.41) is 0. The van der Waals surface area contributed by atoms with E-state index in [2.05, 4.69) is 46.2 Å². The molecule has 2 aromatic carbocycles. The zero-order chi connectivity index (χ0) is 18.2. The summed E-state index contributed by atoms with van der Waals surface area (Å²) in [5.74, 6) is 0.948. The molecule has 0 aromatic heterocycles. The number of piperazine rings is 1. The van der Waals surface area contributed by atoms with Gasteiger partial charge in [-0.1, -0.05) is 42.5 Å². The van der Waals surface area contributed by atoms with E-state index in [4.69, 9.17) is 4.74 Å². The lowest BCUT2D eigenvalue weighted by Crippen LogP contribution is -2.47. The number of Topliss-reactive ketones (excluding diaryl/α,β-unsaturated/α-hetero) is 1. The Morgan fingerprint density at radius 1 is 0.962 bits per heavy atom. The first-order valence-corrected chi connectivity index (χ1v) is 9.08. The predicted molar refractivity (Wildman–Crippen MR) is 106 cm³/mol. The quantitative estimate of drug-likeness (QED) is 0.718. The molecule has 1 fully saturated rings. The number of hydrogen-bond acceptors (Lipinski definition) is 4. The van der Waals surface area contributed by atoms with Crippen molar-refractivity contribution in [2.24, 2.45) is 0 Å². The second-order valence-corrected chi connectivity index (χ2v) is 6.54. The minimum Gasteiger partial charge on any atom is -0.497 e. The SMILES string of the molecule is COc1ccc(C(=O)CN2CCN(CC=Cc3ccccc3)CC2)cc1. The minimum absolute atomic E-state index is 0.171. The molecule has 26 heavy (non-hydrogen) atoms. The van der Waals surface area contributed by atoms with E-state index in [-0.39, 0.29) is 5.78 Å². The van der Waals surface area contributed by atoms with Gasteiger partial charge in [-0.05, 0) is 29.8 Å². The molecule has 0 bridgehead atoms. The van der Waals surface area contributed by atoms with Crippen LogP contribution in [0, 0.1) is 0 Å². The number of ether oxygens (including phenoxy) is 1. The fraction of sp³-hybridized carbons (Fsp3) is 0.318. The van der Waals surface area contributed by atoms with Crippen LogP contribution in [0.2, 0.25) is 0 Å². The van der Waals surface area contributed by atoms with E-state index in [1.54, 1.807) is 7.11 Å². The summed E-state index contributed by atoms with van der Waals surface area (Å²) in [5.41, 5.74) is 1.98. The molecule has 3 rings (SSSR count). The van der Waals surface area contributed by atoms with Crippen LogP contribution >= 0.6 is 0 Å². The topological polar surface area (TPSA) is 32.8 Å². The lowest BCUT2D eigenvalue weighted by Gasteiger charge is -2.33. The number of carbonyl (C=O) groups is 1. The molecule has 1 aliphatic heterocycles. The van der Waals surface area contributed by atoms with Crippen LogP contribution in [-0.4, -0.2) is 62.0 Å². The predicted octanol–water partition coefficient (Wildman–Crippen LogP) is 3.21. The molecule has 2 aromatic rings. The summed E-state index contributed by atoms with van der Waals surface area (Å²) in [4.78, 5) is 17.1. The molecule has 0 aliphatic carbocycles. The molecule has 0 radical (unpaired) electrons. The summed E-state index contributed by atoms with van der Waals surface area (Å²) >= 11 is 0. The number of carbonyl (C=O) groups excluding carboxylic acids is 1. The summed E-state index contributed by atoms with van der Waals surface area (Å²) in [7, 11) is 1.63. The number of methoxy groups -OCH3 is 1. The van der Waals surface area contributed by atoms with Gasteiger partial charge in [0.2, 0.25) is 0 Å². The maximum absolute atomic E-state index is 12.4. The van der Waals surface area contributed by atoms with Crippen LogP contribution in [0.4, 0.5) is 0 Å². The van der Waals surface area contributed by atoms with E-state index in [0.29, 0.717) is 6.54 Å². The Hall–Kier alpha value is -2.43. The molecule has 0 N–H and O–H groups in total. The van der Waals surface area contributed by atoms with Crippen LogP contribution in [0.3, 0.4) is 0 Å². The first-order chi connectivity index (χ1) is 12.7. The number of rotatable bonds is 7. The summed E-state index contributed by atoms with van der Waals surface area (Å²) < 4.78 is 5.14. The zero-order valence-corrected chi connectivity index (χ0v) is 15.3. The van der Waals surface area contributed by atoms with E-state index < -0.39 is 0 Å². The van der Waals surface area contributed by atoms with E-state index in [1.807, 2.05) is 30.3 Å². The Bertz CT molecular complexity index is 718. The molecule has 0 saturated carbocycles. The second-order valence-electron chi connectivity index (χ2n) is 6.54. The molecular weight excluding hydrogens is 324 g/mol. The van der Waals surface area contributed by atoms with Crippen LogP contribution in [0.25, 0.3) is 6.08 Å². The molecule has 136 valence electrons. The Morgan fingerprint density at radius 2 is 1.62 bits per heavy atom. The van der Waals surface area contributed by atoms with Crippen LogP contribution in [0.5, 0.6) is 5.75 Å². The van der Waals surface area contributed by atoms with Crippen LogP contribution < -0.4 is 4.74 Å². The van der Waals surface area contributed by atoms with E-state index in [0.717, 1.165) is 44.0 Å². The lowest BCUT2D eigenvalue weighted by atomic mass is 10.1. The van der Waals surface area contributed by atoms with Crippen molar-refractivity contribution >= 4 is 11.9 Å². The van der Waals surface area contributed by atoms with Gasteiger partial charge < -0.3 is 4.74 Å². The fourth-order valence-electron chi connectivity index (χ4n) is 3.10. The third-order valence-corrected chi connectivity index (χ3v) is 4.72. The van der Waals surface area contributed by atoms with Crippen LogP contribution in [0.1, 0.15) is 15.9 Å². The van der Waals surface area contributed by atoms with Crippen molar-refractivity contribution in [3.8, 4) is 5.75 Å². The number of ketones is 1. The minimum atomic E-state index is 0.171. The van der Waals surface area contributed by atoms with Gasteiger partial charge in [0.25, 0.3) is 0 Å². The maximum atomic E-state index is 12.4. The van der Waals surface area contributed by atoms with Crippen molar-refractivity contribution in [2.45, 2.75) is 0 Å². The van der Waals surface area contributed by atoms with Gasteiger partial charge in [0, 0.05) is 38.3 Å². The zero-order valence-electron chi connectivity index (χ0n) is 15.3. The van der Waals surface area contributed by atoms with Crippen molar-refractivity contribution in [2.75, 3.05) is 46.4 Å².